The molecule has 4 heterocycles. The summed E-state index contributed by atoms with van der Waals surface area (Å²) in [6.45, 7) is 0.665. The monoisotopic (exact) mass is 367 g/mol. The fraction of sp³-hybridized carbons (Fsp3) is 0.278. The second-order valence-corrected chi connectivity index (χ2v) is 6.38. The van der Waals surface area contributed by atoms with Gasteiger partial charge in [0.05, 0.1) is 12.1 Å². The van der Waals surface area contributed by atoms with E-state index in [9.17, 15) is 14.4 Å². The van der Waals surface area contributed by atoms with Gasteiger partial charge in [0.25, 0.3) is 11.5 Å². The van der Waals surface area contributed by atoms with E-state index in [2.05, 4.69) is 9.97 Å². The number of hydrogen-bond acceptors (Lipinski definition) is 6. The Balaban J connectivity index is 1.64. The molecule has 0 saturated carbocycles. The minimum absolute atomic E-state index is 0.0579. The predicted octanol–water partition coefficient (Wildman–Crippen LogP) is 0.332. The number of hydrogen-bond donors (Lipinski definition) is 0. The summed E-state index contributed by atoms with van der Waals surface area (Å²) in [5.41, 5.74) is 0.437. The molecule has 0 aromatic carbocycles. The Hall–Kier alpha value is -3.49. The molecule has 1 amide bonds. The molecular weight excluding hydrogens is 350 g/mol. The second-order valence-electron chi connectivity index (χ2n) is 6.38. The second kappa shape index (κ2) is 6.35. The third-order valence-corrected chi connectivity index (χ3v) is 4.67. The summed E-state index contributed by atoms with van der Waals surface area (Å²) in [4.78, 5) is 47.0. The Kier molecular flexibility index (Phi) is 3.98. The van der Waals surface area contributed by atoms with Crippen molar-refractivity contribution in [3.05, 3.63) is 68.6 Å². The number of aromatic nitrogens is 4. The van der Waals surface area contributed by atoms with Gasteiger partial charge in [-0.3, -0.25) is 23.7 Å². The van der Waals surface area contributed by atoms with Gasteiger partial charge in [-0.1, -0.05) is 0 Å². The molecule has 0 spiro atoms. The van der Waals surface area contributed by atoms with Crippen LogP contribution in [-0.4, -0.2) is 36.5 Å². The molecule has 3 aromatic rings. The van der Waals surface area contributed by atoms with Gasteiger partial charge in [0, 0.05) is 45.5 Å². The van der Waals surface area contributed by atoms with Crippen molar-refractivity contribution in [3.63, 3.8) is 0 Å². The highest BCUT2D eigenvalue weighted by Gasteiger charge is 2.28. The van der Waals surface area contributed by atoms with Crippen LogP contribution in [0.25, 0.3) is 11.5 Å². The molecule has 138 valence electrons. The highest BCUT2D eigenvalue weighted by atomic mass is 16.4. The summed E-state index contributed by atoms with van der Waals surface area (Å²) in [5, 5.41) is 0. The molecule has 0 bridgehead atoms. The lowest BCUT2D eigenvalue weighted by atomic mass is 10.1. The molecule has 1 aliphatic rings. The van der Waals surface area contributed by atoms with Gasteiger partial charge in [-0.2, -0.15) is 0 Å². The lowest BCUT2D eigenvalue weighted by Crippen LogP contribution is -2.43. The number of pyridine rings is 1. The zero-order valence-corrected chi connectivity index (χ0v) is 14.9. The first kappa shape index (κ1) is 17.0. The topological polar surface area (TPSA) is 103 Å². The number of amides is 1. The Morgan fingerprint density at radius 3 is 2.78 bits per heavy atom. The van der Waals surface area contributed by atoms with Gasteiger partial charge >= 0.3 is 5.69 Å². The van der Waals surface area contributed by atoms with Crippen molar-refractivity contribution in [1.29, 1.82) is 0 Å². The zero-order valence-electron chi connectivity index (χ0n) is 14.9. The van der Waals surface area contributed by atoms with Gasteiger partial charge in [-0.05, 0) is 12.1 Å². The van der Waals surface area contributed by atoms with E-state index in [1.165, 1.54) is 24.7 Å². The predicted molar refractivity (Wildman–Crippen MR) is 95.1 cm³/mol. The molecule has 0 radical (unpaired) electrons. The van der Waals surface area contributed by atoms with Gasteiger partial charge in [-0.15, -0.1) is 0 Å². The van der Waals surface area contributed by atoms with Gasteiger partial charge in [0.15, 0.2) is 0 Å². The molecule has 0 saturated heterocycles. The van der Waals surface area contributed by atoms with Gasteiger partial charge in [-0.25, -0.2) is 9.78 Å². The van der Waals surface area contributed by atoms with E-state index in [4.69, 9.17) is 4.42 Å². The van der Waals surface area contributed by atoms with Crippen LogP contribution in [0.4, 0.5) is 0 Å². The highest BCUT2D eigenvalue weighted by molar-refractivity contribution is 5.92. The van der Waals surface area contributed by atoms with Crippen LogP contribution in [0.3, 0.4) is 0 Å². The Labute approximate surface area is 153 Å². The molecule has 0 unspecified atom stereocenters. The third-order valence-electron chi connectivity index (χ3n) is 4.67. The summed E-state index contributed by atoms with van der Waals surface area (Å²) < 4.78 is 7.95. The van der Waals surface area contributed by atoms with Crippen molar-refractivity contribution in [2.24, 2.45) is 14.1 Å². The quantitative estimate of drug-likeness (QED) is 0.647. The van der Waals surface area contributed by atoms with Crippen molar-refractivity contribution < 1.29 is 9.21 Å². The summed E-state index contributed by atoms with van der Waals surface area (Å²) in [7, 11) is 2.85. The smallest absolute Gasteiger partial charge is 0.331 e. The summed E-state index contributed by atoms with van der Waals surface area (Å²) in [6.07, 6.45) is 3.84. The van der Waals surface area contributed by atoms with Crippen LogP contribution in [0.5, 0.6) is 0 Å². The van der Waals surface area contributed by atoms with E-state index in [0.29, 0.717) is 24.6 Å². The lowest BCUT2D eigenvalue weighted by molar-refractivity contribution is 0.0715. The van der Waals surface area contributed by atoms with Crippen LogP contribution in [0, 0.1) is 0 Å². The Bertz CT molecular complexity index is 1140. The number of carbonyl (C=O) groups excluding carboxylic acids is 1. The van der Waals surface area contributed by atoms with E-state index in [-0.39, 0.29) is 18.1 Å². The van der Waals surface area contributed by atoms with E-state index < -0.39 is 11.2 Å². The van der Waals surface area contributed by atoms with E-state index in [1.807, 2.05) is 6.07 Å². The van der Waals surface area contributed by atoms with Crippen LogP contribution in [-0.2, 0) is 27.1 Å². The summed E-state index contributed by atoms with van der Waals surface area (Å²) in [5.74, 6) is 0.808. The molecule has 0 atom stereocenters. The maximum absolute atomic E-state index is 12.9. The van der Waals surface area contributed by atoms with Crippen LogP contribution < -0.4 is 11.2 Å². The molecule has 3 aromatic heterocycles. The fourth-order valence-electron chi connectivity index (χ4n) is 3.08. The summed E-state index contributed by atoms with van der Waals surface area (Å²) in [6, 6.07) is 4.83. The van der Waals surface area contributed by atoms with Crippen molar-refractivity contribution in [1.82, 2.24) is 24.0 Å². The van der Waals surface area contributed by atoms with Gasteiger partial charge < -0.3 is 9.32 Å². The first-order valence-corrected chi connectivity index (χ1v) is 8.41. The summed E-state index contributed by atoms with van der Waals surface area (Å²) >= 11 is 0. The first-order chi connectivity index (χ1) is 13.0. The largest absolute Gasteiger partial charge is 0.441 e. The van der Waals surface area contributed by atoms with Crippen LogP contribution >= 0.6 is 0 Å². The molecule has 1 aliphatic heterocycles. The molecular formula is C18H17N5O4. The molecule has 0 fully saturated rings. The maximum atomic E-state index is 12.9. The highest BCUT2D eigenvalue weighted by Crippen LogP contribution is 2.26. The van der Waals surface area contributed by atoms with E-state index in [0.717, 1.165) is 15.9 Å². The van der Waals surface area contributed by atoms with Crippen LogP contribution in [0.1, 0.15) is 21.9 Å². The Morgan fingerprint density at radius 2 is 2.04 bits per heavy atom. The maximum Gasteiger partial charge on any atom is 0.331 e. The van der Waals surface area contributed by atoms with Crippen molar-refractivity contribution in [3.8, 4) is 11.5 Å². The van der Waals surface area contributed by atoms with Crippen molar-refractivity contribution in [2.45, 2.75) is 13.0 Å². The first-order valence-electron chi connectivity index (χ1n) is 8.41. The number of rotatable bonds is 2. The lowest BCUT2D eigenvalue weighted by Gasteiger charge is -2.26. The third kappa shape index (κ3) is 2.86. The number of nitrogens with zero attached hydrogens (tertiary/aromatic N) is 5. The molecule has 27 heavy (non-hydrogen) atoms. The minimum Gasteiger partial charge on any atom is -0.441 e. The fourth-order valence-corrected chi connectivity index (χ4v) is 3.08. The molecule has 0 aliphatic carbocycles. The minimum atomic E-state index is -0.538. The van der Waals surface area contributed by atoms with Gasteiger partial charge in [0.2, 0.25) is 5.89 Å². The SMILES string of the molecule is Cn1c(C(=O)N2CCc3oc(-c4cccnc4)nc3C2)cc(=O)n(C)c1=O. The standard InChI is InChI=1S/C18H17N5O4/c1-21-13(8-15(24)22(2)18(21)26)17(25)23-7-5-14-12(10-23)20-16(27-14)11-4-3-6-19-9-11/h3-4,6,8-9H,5,7,10H2,1-2H3. The molecule has 9 nitrogen and oxygen atoms in total. The van der Waals surface area contributed by atoms with Crippen molar-refractivity contribution in [2.75, 3.05) is 6.54 Å². The Morgan fingerprint density at radius 1 is 1.22 bits per heavy atom. The van der Waals surface area contributed by atoms with Crippen LogP contribution in [0.15, 0.2) is 44.6 Å². The van der Waals surface area contributed by atoms with Crippen molar-refractivity contribution >= 4 is 5.91 Å². The van der Waals surface area contributed by atoms with Crippen LogP contribution in [0.2, 0.25) is 0 Å². The molecule has 0 N–H and O–H groups in total. The number of fused-ring (bicyclic) bond motifs is 1. The average molecular weight is 367 g/mol. The molecule has 9 heteroatoms. The van der Waals surface area contributed by atoms with E-state index >= 15 is 0 Å². The van der Waals surface area contributed by atoms with Gasteiger partial charge in [0.1, 0.15) is 17.1 Å². The average Bonchev–Trinajstić information content (AvgIpc) is 3.12. The number of carbonyl (C=O) groups is 1. The molecule has 4 rings (SSSR count). The zero-order chi connectivity index (χ0) is 19.1. The normalized spacial score (nSPS) is 13.5. The van der Waals surface area contributed by atoms with E-state index in [1.54, 1.807) is 23.4 Å². The number of oxazole rings is 1.